The van der Waals surface area contributed by atoms with Crippen LogP contribution in [0.3, 0.4) is 0 Å². The maximum absolute atomic E-state index is 12.8. The van der Waals surface area contributed by atoms with Gasteiger partial charge in [-0.05, 0) is 43.2 Å². The number of pyridine rings is 1. The number of halogens is 1. The lowest BCUT2D eigenvalue weighted by Gasteiger charge is -2.35. The smallest absolute Gasteiger partial charge is 0.254 e. The van der Waals surface area contributed by atoms with E-state index in [4.69, 9.17) is 11.6 Å². The predicted molar refractivity (Wildman–Crippen MR) is 99.5 cm³/mol. The van der Waals surface area contributed by atoms with Gasteiger partial charge >= 0.3 is 0 Å². The van der Waals surface area contributed by atoms with E-state index in [-0.39, 0.29) is 11.8 Å². The summed E-state index contributed by atoms with van der Waals surface area (Å²) in [7, 11) is 0. The zero-order valence-corrected chi connectivity index (χ0v) is 15.2. The van der Waals surface area contributed by atoms with E-state index in [1.165, 1.54) is 0 Å². The van der Waals surface area contributed by atoms with Crippen LogP contribution in [0.4, 0.5) is 0 Å². The second-order valence-corrected chi connectivity index (χ2v) is 7.27. The molecule has 0 radical (unpaired) electrons. The van der Waals surface area contributed by atoms with Gasteiger partial charge < -0.3 is 9.80 Å². The summed E-state index contributed by atoms with van der Waals surface area (Å²) in [6.07, 6.45) is 4.05. The van der Waals surface area contributed by atoms with Crippen LogP contribution in [-0.4, -0.2) is 52.8 Å². The number of aromatic nitrogens is 1. The molecule has 1 saturated heterocycles. The zero-order chi connectivity index (χ0) is 18.1. The van der Waals surface area contributed by atoms with Crippen molar-refractivity contribution in [3.8, 4) is 0 Å². The maximum atomic E-state index is 12.8. The highest BCUT2D eigenvalue weighted by atomic mass is 35.5. The molecule has 134 valence electrons. The summed E-state index contributed by atoms with van der Waals surface area (Å²) < 4.78 is 0. The van der Waals surface area contributed by atoms with Crippen molar-refractivity contribution < 1.29 is 9.59 Å². The summed E-state index contributed by atoms with van der Waals surface area (Å²) in [5.41, 5.74) is 2.29. The van der Waals surface area contributed by atoms with Gasteiger partial charge in [-0.3, -0.25) is 14.6 Å². The van der Waals surface area contributed by atoms with Gasteiger partial charge in [-0.2, -0.15) is 0 Å². The molecule has 1 saturated carbocycles. The van der Waals surface area contributed by atoms with Crippen molar-refractivity contribution in [2.75, 3.05) is 26.2 Å². The van der Waals surface area contributed by atoms with Gasteiger partial charge in [0, 0.05) is 60.1 Å². The van der Waals surface area contributed by atoms with Crippen molar-refractivity contribution in [3.05, 3.63) is 64.4 Å². The van der Waals surface area contributed by atoms with Crippen LogP contribution >= 0.6 is 11.6 Å². The maximum Gasteiger partial charge on any atom is 0.254 e. The van der Waals surface area contributed by atoms with Crippen molar-refractivity contribution in [3.63, 3.8) is 0 Å². The lowest BCUT2D eigenvalue weighted by molar-refractivity contribution is 0.0535. The van der Waals surface area contributed by atoms with Gasteiger partial charge in [0.15, 0.2) is 0 Å². The average Bonchev–Trinajstić information content (AvgIpc) is 3.52. The first kappa shape index (κ1) is 17.0. The fourth-order valence-electron chi connectivity index (χ4n) is 3.28. The SMILES string of the molecule is O=C(c1cccc(Cl)c1)N1CCN(C(=O)c2ccnc(C3CC3)c2)CC1. The third kappa shape index (κ3) is 3.58. The standard InChI is InChI=1S/C20H20ClN3O2/c21-17-3-1-2-15(12-17)19(25)23-8-10-24(11-9-23)20(26)16-6-7-22-18(13-16)14-4-5-14/h1-3,6-7,12-14H,4-5,8-11H2. The summed E-state index contributed by atoms with van der Waals surface area (Å²) in [6, 6.07) is 10.7. The van der Waals surface area contributed by atoms with Crippen LogP contribution in [0.5, 0.6) is 0 Å². The van der Waals surface area contributed by atoms with E-state index in [0.29, 0.717) is 48.2 Å². The monoisotopic (exact) mass is 369 g/mol. The largest absolute Gasteiger partial charge is 0.335 e. The minimum absolute atomic E-state index is 0.0177. The lowest BCUT2D eigenvalue weighted by atomic mass is 10.1. The fraction of sp³-hybridized carbons (Fsp3) is 0.350. The molecule has 1 aromatic carbocycles. The van der Waals surface area contributed by atoms with Crippen LogP contribution in [0.15, 0.2) is 42.6 Å². The second-order valence-electron chi connectivity index (χ2n) is 6.84. The minimum atomic E-state index is -0.0421. The summed E-state index contributed by atoms with van der Waals surface area (Å²) >= 11 is 5.97. The van der Waals surface area contributed by atoms with Gasteiger partial charge in [0.2, 0.25) is 0 Å². The van der Waals surface area contributed by atoms with E-state index in [9.17, 15) is 9.59 Å². The molecule has 2 heterocycles. The second kappa shape index (κ2) is 7.08. The van der Waals surface area contributed by atoms with Gasteiger partial charge in [-0.15, -0.1) is 0 Å². The number of hydrogen-bond donors (Lipinski definition) is 0. The molecule has 0 bridgehead atoms. The molecule has 1 aliphatic heterocycles. The van der Waals surface area contributed by atoms with E-state index < -0.39 is 0 Å². The molecule has 1 aromatic heterocycles. The molecule has 1 aliphatic carbocycles. The molecule has 0 spiro atoms. The predicted octanol–water partition coefficient (Wildman–Crippen LogP) is 3.21. The Kier molecular flexibility index (Phi) is 4.64. The molecule has 4 rings (SSSR count). The first-order valence-electron chi connectivity index (χ1n) is 8.92. The highest BCUT2D eigenvalue weighted by Gasteiger charge is 2.28. The van der Waals surface area contributed by atoms with E-state index in [1.807, 2.05) is 11.0 Å². The molecular formula is C20H20ClN3O2. The number of nitrogens with zero attached hydrogens (tertiary/aromatic N) is 3. The van der Waals surface area contributed by atoms with Crippen LogP contribution in [0, 0.1) is 0 Å². The van der Waals surface area contributed by atoms with Crippen molar-refractivity contribution in [2.24, 2.45) is 0 Å². The van der Waals surface area contributed by atoms with Crippen LogP contribution in [-0.2, 0) is 0 Å². The molecule has 2 amide bonds. The highest BCUT2D eigenvalue weighted by Crippen LogP contribution is 2.39. The molecule has 2 aliphatic rings. The Labute approximate surface area is 157 Å². The van der Waals surface area contributed by atoms with Gasteiger partial charge in [0.1, 0.15) is 0 Å². The summed E-state index contributed by atoms with van der Waals surface area (Å²) in [6.45, 7) is 2.12. The molecule has 0 N–H and O–H groups in total. The van der Waals surface area contributed by atoms with Crippen LogP contribution in [0.25, 0.3) is 0 Å². The Bertz CT molecular complexity index is 842. The molecular weight excluding hydrogens is 350 g/mol. The number of rotatable bonds is 3. The van der Waals surface area contributed by atoms with E-state index >= 15 is 0 Å². The molecule has 2 aromatic rings. The first-order chi connectivity index (χ1) is 12.6. The number of piperazine rings is 1. The Balaban J connectivity index is 1.39. The summed E-state index contributed by atoms with van der Waals surface area (Å²) in [5, 5.41) is 0.550. The Hall–Kier alpha value is -2.40. The third-order valence-corrected chi connectivity index (χ3v) is 5.18. The fourth-order valence-corrected chi connectivity index (χ4v) is 3.47. The average molecular weight is 370 g/mol. The van der Waals surface area contributed by atoms with Crippen molar-refractivity contribution in [1.82, 2.24) is 14.8 Å². The molecule has 2 fully saturated rings. The number of carbonyl (C=O) groups excluding carboxylic acids is 2. The number of amides is 2. The molecule has 5 nitrogen and oxygen atoms in total. The normalized spacial score (nSPS) is 17.3. The van der Waals surface area contributed by atoms with Crippen LogP contribution < -0.4 is 0 Å². The zero-order valence-electron chi connectivity index (χ0n) is 14.4. The van der Waals surface area contributed by atoms with E-state index in [1.54, 1.807) is 41.4 Å². The molecule has 0 unspecified atom stereocenters. The quantitative estimate of drug-likeness (QED) is 0.834. The lowest BCUT2D eigenvalue weighted by Crippen LogP contribution is -2.50. The van der Waals surface area contributed by atoms with Gasteiger partial charge in [-0.1, -0.05) is 17.7 Å². The number of benzene rings is 1. The van der Waals surface area contributed by atoms with Gasteiger partial charge in [-0.25, -0.2) is 0 Å². The highest BCUT2D eigenvalue weighted by molar-refractivity contribution is 6.30. The third-order valence-electron chi connectivity index (χ3n) is 4.95. The summed E-state index contributed by atoms with van der Waals surface area (Å²) in [4.78, 5) is 33.3. The molecule has 0 atom stereocenters. The van der Waals surface area contributed by atoms with Gasteiger partial charge in [0.25, 0.3) is 11.8 Å². The minimum Gasteiger partial charge on any atom is -0.335 e. The van der Waals surface area contributed by atoms with Crippen molar-refractivity contribution in [2.45, 2.75) is 18.8 Å². The molecule has 26 heavy (non-hydrogen) atoms. The number of hydrogen-bond acceptors (Lipinski definition) is 3. The van der Waals surface area contributed by atoms with E-state index in [0.717, 1.165) is 18.5 Å². The summed E-state index contributed by atoms with van der Waals surface area (Å²) in [5.74, 6) is 0.499. The first-order valence-corrected chi connectivity index (χ1v) is 9.30. The van der Waals surface area contributed by atoms with Crippen molar-refractivity contribution >= 4 is 23.4 Å². The topological polar surface area (TPSA) is 53.5 Å². The van der Waals surface area contributed by atoms with Crippen LogP contribution in [0.2, 0.25) is 5.02 Å². The van der Waals surface area contributed by atoms with Crippen molar-refractivity contribution in [1.29, 1.82) is 0 Å². The van der Waals surface area contributed by atoms with Gasteiger partial charge in [0.05, 0.1) is 0 Å². The Morgan fingerprint density at radius 1 is 0.923 bits per heavy atom. The number of carbonyl (C=O) groups is 2. The Morgan fingerprint density at radius 2 is 1.54 bits per heavy atom. The van der Waals surface area contributed by atoms with Crippen LogP contribution in [0.1, 0.15) is 45.2 Å². The Morgan fingerprint density at radius 3 is 2.12 bits per heavy atom. The van der Waals surface area contributed by atoms with E-state index in [2.05, 4.69) is 4.98 Å². The molecule has 6 heteroatoms.